The molecule has 1 aromatic carbocycles. The number of likely N-dealkylation sites (tertiary alicyclic amines) is 1. The number of amides is 1. The quantitative estimate of drug-likeness (QED) is 0.508. The van der Waals surface area contributed by atoms with Gasteiger partial charge in [0.25, 0.3) is 5.91 Å². The molecular formula is C26H30N2O2S. The predicted octanol–water partition coefficient (Wildman–Crippen LogP) is 6.36. The molecule has 0 radical (unpaired) electrons. The molecule has 1 N–H and O–H groups in total. The number of thiophene rings is 1. The molecule has 5 rings (SSSR count). The minimum atomic E-state index is -0.161. The fourth-order valence-corrected chi connectivity index (χ4v) is 6.35. The van der Waals surface area contributed by atoms with Crippen LogP contribution in [0, 0.1) is 6.92 Å². The molecule has 0 bridgehead atoms. The van der Waals surface area contributed by atoms with Crippen molar-refractivity contribution >= 4 is 22.2 Å². The molecule has 1 aliphatic carbocycles. The zero-order chi connectivity index (χ0) is 21.2. The number of hydrogen-bond donors (Lipinski definition) is 1. The second kappa shape index (κ2) is 9.01. The van der Waals surface area contributed by atoms with Gasteiger partial charge in [0.2, 0.25) is 0 Å². The third-order valence-electron chi connectivity index (χ3n) is 6.61. The van der Waals surface area contributed by atoms with Gasteiger partial charge in [0.15, 0.2) is 5.76 Å². The Labute approximate surface area is 188 Å². The molecule has 0 unspecified atom stereocenters. The zero-order valence-corrected chi connectivity index (χ0v) is 19.0. The van der Waals surface area contributed by atoms with Crippen molar-refractivity contribution in [1.29, 1.82) is 0 Å². The van der Waals surface area contributed by atoms with Gasteiger partial charge in [-0.25, -0.2) is 0 Å². The van der Waals surface area contributed by atoms with Crippen molar-refractivity contribution in [2.75, 3.05) is 18.4 Å². The topological polar surface area (TPSA) is 45.5 Å². The number of rotatable bonds is 5. The smallest absolute Gasteiger partial charge is 0.291 e. The number of hydrogen-bond acceptors (Lipinski definition) is 4. The first-order valence-electron chi connectivity index (χ1n) is 11.5. The first kappa shape index (κ1) is 20.5. The molecule has 2 aromatic heterocycles. The third-order valence-corrected chi connectivity index (χ3v) is 7.83. The average molecular weight is 435 g/mol. The molecule has 4 nitrogen and oxygen atoms in total. The average Bonchev–Trinajstić information content (AvgIpc) is 3.45. The van der Waals surface area contributed by atoms with E-state index in [-0.39, 0.29) is 11.9 Å². The largest absolute Gasteiger partial charge is 0.459 e. The highest BCUT2D eigenvalue weighted by atomic mass is 32.1. The van der Waals surface area contributed by atoms with E-state index in [9.17, 15) is 4.79 Å². The Kier molecular flexibility index (Phi) is 5.97. The monoisotopic (exact) mass is 434 g/mol. The van der Waals surface area contributed by atoms with Crippen LogP contribution in [0.25, 0.3) is 0 Å². The van der Waals surface area contributed by atoms with Gasteiger partial charge in [-0.15, -0.1) is 11.3 Å². The summed E-state index contributed by atoms with van der Waals surface area (Å²) >= 11 is 1.78. The summed E-state index contributed by atoms with van der Waals surface area (Å²) in [5.41, 5.74) is 5.40. The zero-order valence-electron chi connectivity index (χ0n) is 18.2. The summed E-state index contributed by atoms with van der Waals surface area (Å²) < 4.78 is 5.37. The van der Waals surface area contributed by atoms with E-state index >= 15 is 0 Å². The fourth-order valence-electron chi connectivity index (χ4n) is 5.03. The molecular weight excluding hydrogens is 404 g/mol. The van der Waals surface area contributed by atoms with Gasteiger partial charge >= 0.3 is 0 Å². The number of furan rings is 1. The lowest BCUT2D eigenvalue weighted by Gasteiger charge is -2.36. The van der Waals surface area contributed by atoms with Crippen LogP contribution in [-0.4, -0.2) is 23.9 Å². The molecule has 3 heterocycles. The van der Waals surface area contributed by atoms with Crippen molar-refractivity contribution in [2.45, 2.75) is 57.9 Å². The van der Waals surface area contributed by atoms with Crippen LogP contribution in [0.1, 0.15) is 75.8 Å². The molecule has 162 valence electrons. The first-order chi connectivity index (χ1) is 15.2. The Bertz CT molecular complexity index is 1030. The summed E-state index contributed by atoms with van der Waals surface area (Å²) in [4.78, 5) is 17.0. The number of anilines is 1. The highest BCUT2D eigenvalue weighted by molar-refractivity contribution is 7.16. The van der Waals surface area contributed by atoms with Crippen LogP contribution in [0.3, 0.4) is 0 Å². The van der Waals surface area contributed by atoms with E-state index < -0.39 is 0 Å². The van der Waals surface area contributed by atoms with E-state index in [0.717, 1.165) is 30.9 Å². The molecule has 1 saturated heterocycles. The Morgan fingerprint density at radius 3 is 2.55 bits per heavy atom. The Morgan fingerprint density at radius 2 is 1.81 bits per heavy atom. The van der Waals surface area contributed by atoms with Gasteiger partial charge in [-0.05, 0) is 81.8 Å². The maximum absolute atomic E-state index is 12.9. The summed E-state index contributed by atoms with van der Waals surface area (Å²) in [6.45, 7) is 4.35. The normalized spacial score (nSPS) is 17.8. The van der Waals surface area contributed by atoms with E-state index in [4.69, 9.17) is 4.42 Å². The van der Waals surface area contributed by atoms with Crippen molar-refractivity contribution < 1.29 is 9.21 Å². The molecule has 3 aromatic rings. The molecule has 31 heavy (non-hydrogen) atoms. The molecule has 2 aliphatic rings. The van der Waals surface area contributed by atoms with E-state index in [0.29, 0.717) is 5.76 Å². The minimum absolute atomic E-state index is 0.161. The van der Waals surface area contributed by atoms with Crippen LogP contribution < -0.4 is 5.32 Å². The molecule has 1 amide bonds. The summed E-state index contributed by atoms with van der Waals surface area (Å²) in [7, 11) is 0. The number of aryl methyl sites for hydroxylation is 2. The molecule has 5 heteroatoms. The van der Waals surface area contributed by atoms with Gasteiger partial charge in [0.05, 0.1) is 12.3 Å². The minimum Gasteiger partial charge on any atom is -0.459 e. The molecule has 0 spiro atoms. The van der Waals surface area contributed by atoms with E-state index in [1.165, 1.54) is 59.2 Å². The van der Waals surface area contributed by atoms with Gasteiger partial charge in [-0.1, -0.05) is 36.2 Å². The Morgan fingerprint density at radius 1 is 1.03 bits per heavy atom. The number of carbonyl (C=O) groups is 1. The Balaban J connectivity index is 1.60. The number of fused-ring (bicyclic) bond motifs is 1. The van der Waals surface area contributed by atoms with Crippen LogP contribution in [0.4, 0.5) is 5.00 Å². The molecule has 1 atom stereocenters. The van der Waals surface area contributed by atoms with Crippen molar-refractivity contribution in [1.82, 2.24) is 4.90 Å². The van der Waals surface area contributed by atoms with E-state index in [2.05, 4.69) is 41.4 Å². The van der Waals surface area contributed by atoms with Gasteiger partial charge in [-0.3, -0.25) is 9.69 Å². The third kappa shape index (κ3) is 4.21. The Hall–Kier alpha value is -2.37. The highest BCUT2D eigenvalue weighted by Crippen LogP contribution is 2.46. The second-order valence-electron chi connectivity index (χ2n) is 8.79. The lowest BCUT2D eigenvalue weighted by Crippen LogP contribution is -2.35. The standard InChI is InChI=1S/C26H30N2O2S/c1-18-11-13-19(14-12-18)24(28-15-5-2-6-16-28)23-20-8-3-4-10-22(20)31-26(23)27-25(29)21-9-7-17-30-21/h7,9,11-14,17,24H,2-6,8,10,15-16H2,1H3,(H,27,29)/t24-/m1/s1. The van der Waals surface area contributed by atoms with Crippen molar-refractivity contribution in [3.05, 3.63) is 75.6 Å². The van der Waals surface area contributed by atoms with Gasteiger partial charge < -0.3 is 9.73 Å². The van der Waals surface area contributed by atoms with Crippen molar-refractivity contribution in [3.63, 3.8) is 0 Å². The maximum Gasteiger partial charge on any atom is 0.291 e. The number of carbonyl (C=O) groups excluding carboxylic acids is 1. The number of nitrogens with one attached hydrogen (secondary N) is 1. The summed E-state index contributed by atoms with van der Waals surface area (Å²) in [5, 5.41) is 4.23. The van der Waals surface area contributed by atoms with Crippen LogP contribution >= 0.6 is 11.3 Å². The molecule has 0 saturated carbocycles. The van der Waals surface area contributed by atoms with Crippen LogP contribution in [0.15, 0.2) is 47.1 Å². The molecule has 1 aliphatic heterocycles. The van der Waals surface area contributed by atoms with Crippen molar-refractivity contribution in [2.24, 2.45) is 0 Å². The highest BCUT2D eigenvalue weighted by Gasteiger charge is 2.32. The van der Waals surface area contributed by atoms with E-state index in [1.807, 2.05) is 0 Å². The SMILES string of the molecule is Cc1ccc([C@H](c2c(NC(=O)c3ccco3)sc3c2CCCC3)N2CCCCC2)cc1. The number of benzene rings is 1. The summed E-state index contributed by atoms with van der Waals surface area (Å²) in [5.74, 6) is 0.202. The maximum atomic E-state index is 12.9. The summed E-state index contributed by atoms with van der Waals surface area (Å²) in [6, 6.07) is 12.7. The summed E-state index contributed by atoms with van der Waals surface area (Å²) in [6.07, 6.45) is 10.0. The van der Waals surface area contributed by atoms with E-state index in [1.54, 1.807) is 29.7 Å². The fraction of sp³-hybridized carbons (Fsp3) is 0.423. The number of nitrogens with zero attached hydrogens (tertiary/aromatic N) is 1. The second-order valence-corrected chi connectivity index (χ2v) is 9.90. The van der Waals surface area contributed by atoms with Crippen LogP contribution in [0.5, 0.6) is 0 Å². The van der Waals surface area contributed by atoms with Gasteiger partial charge in [0.1, 0.15) is 5.00 Å². The van der Waals surface area contributed by atoms with Crippen LogP contribution in [-0.2, 0) is 12.8 Å². The van der Waals surface area contributed by atoms with Crippen molar-refractivity contribution in [3.8, 4) is 0 Å². The van der Waals surface area contributed by atoms with Crippen LogP contribution in [0.2, 0.25) is 0 Å². The lowest BCUT2D eigenvalue weighted by molar-refractivity contribution is 0.0996. The first-order valence-corrected chi connectivity index (χ1v) is 12.3. The predicted molar refractivity (Wildman–Crippen MR) is 126 cm³/mol. The van der Waals surface area contributed by atoms with Gasteiger partial charge in [-0.2, -0.15) is 0 Å². The molecule has 1 fully saturated rings. The number of piperidine rings is 1. The lowest BCUT2D eigenvalue weighted by atomic mass is 9.88. The van der Waals surface area contributed by atoms with Gasteiger partial charge in [0, 0.05) is 10.4 Å².